The lowest BCUT2D eigenvalue weighted by molar-refractivity contribution is -0.127. The molecule has 0 radical (unpaired) electrons. The number of imide groups is 1. The van der Waals surface area contributed by atoms with Gasteiger partial charge in [-0.2, -0.15) is 0 Å². The third-order valence-corrected chi connectivity index (χ3v) is 4.30. The van der Waals surface area contributed by atoms with Gasteiger partial charge in [-0.25, -0.2) is 4.79 Å². The van der Waals surface area contributed by atoms with Gasteiger partial charge in [0.2, 0.25) is 0 Å². The number of ketones is 1. The van der Waals surface area contributed by atoms with Crippen molar-refractivity contribution in [2.24, 2.45) is 5.92 Å². The molecular formula is C18H25N3O3. The van der Waals surface area contributed by atoms with Crippen molar-refractivity contribution in [2.45, 2.75) is 46.7 Å². The first-order chi connectivity index (χ1) is 11.3. The second kappa shape index (κ2) is 7.03. The highest BCUT2D eigenvalue weighted by Gasteiger charge is 2.39. The Balaban J connectivity index is 2.15. The molecule has 0 unspecified atom stereocenters. The number of amides is 3. The number of hydrogen-bond donors (Lipinski definition) is 1. The zero-order valence-corrected chi connectivity index (χ0v) is 14.8. The molecule has 6 heteroatoms. The molecule has 24 heavy (non-hydrogen) atoms. The van der Waals surface area contributed by atoms with E-state index in [1.165, 1.54) is 0 Å². The zero-order valence-electron chi connectivity index (χ0n) is 14.8. The number of urea groups is 1. The topological polar surface area (TPSA) is 71.4 Å². The molecule has 3 amide bonds. The van der Waals surface area contributed by atoms with Crippen LogP contribution in [0.4, 0.5) is 4.79 Å². The molecule has 1 saturated heterocycles. The lowest BCUT2D eigenvalue weighted by atomic mass is 10.0. The summed E-state index contributed by atoms with van der Waals surface area (Å²) in [7, 11) is 0. The Kier molecular flexibility index (Phi) is 5.26. The first-order valence-electron chi connectivity index (χ1n) is 8.19. The molecule has 1 aromatic rings. The minimum absolute atomic E-state index is 0.225. The third kappa shape index (κ3) is 3.42. The van der Waals surface area contributed by atoms with Crippen molar-refractivity contribution >= 4 is 17.7 Å². The van der Waals surface area contributed by atoms with E-state index in [4.69, 9.17) is 0 Å². The van der Waals surface area contributed by atoms with E-state index in [1.54, 1.807) is 12.1 Å². The van der Waals surface area contributed by atoms with Crippen LogP contribution in [0.15, 0.2) is 18.7 Å². The Morgan fingerprint density at radius 3 is 2.62 bits per heavy atom. The van der Waals surface area contributed by atoms with E-state index in [9.17, 15) is 14.4 Å². The lowest BCUT2D eigenvalue weighted by Gasteiger charge is -2.13. The fourth-order valence-corrected chi connectivity index (χ4v) is 3.08. The summed E-state index contributed by atoms with van der Waals surface area (Å²) in [5.41, 5.74) is 2.32. The van der Waals surface area contributed by atoms with E-state index in [1.807, 2.05) is 32.3 Å². The van der Waals surface area contributed by atoms with Gasteiger partial charge in [0.1, 0.15) is 6.04 Å². The predicted octanol–water partition coefficient (Wildman–Crippen LogP) is 2.44. The summed E-state index contributed by atoms with van der Waals surface area (Å²) in [5, 5.41) is 2.66. The van der Waals surface area contributed by atoms with Crippen LogP contribution in [0.3, 0.4) is 0 Å². The van der Waals surface area contributed by atoms with Crippen LogP contribution >= 0.6 is 0 Å². The van der Waals surface area contributed by atoms with E-state index in [-0.39, 0.29) is 24.2 Å². The van der Waals surface area contributed by atoms with E-state index < -0.39 is 12.1 Å². The number of rotatable bonds is 7. The van der Waals surface area contributed by atoms with Crippen LogP contribution in [0.5, 0.6) is 0 Å². The summed E-state index contributed by atoms with van der Waals surface area (Å²) in [6.45, 7) is 11.9. The van der Waals surface area contributed by atoms with E-state index in [0.29, 0.717) is 18.5 Å². The Labute approximate surface area is 142 Å². The van der Waals surface area contributed by atoms with Gasteiger partial charge < -0.3 is 9.88 Å². The van der Waals surface area contributed by atoms with Crippen LogP contribution in [0.25, 0.3) is 0 Å². The molecule has 1 aliphatic rings. The van der Waals surface area contributed by atoms with Gasteiger partial charge in [-0.15, -0.1) is 6.58 Å². The molecule has 0 aliphatic carbocycles. The van der Waals surface area contributed by atoms with Crippen LogP contribution in [-0.4, -0.2) is 39.8 Å². The predicted molar refractivity (Wildman–Crippen MR) is 91.9 cm³/mol. The molecule has 6 nitrogen and oxygen atoms in total. The highest BCUT2D eigenvalue weighted by atomic mass is 16.2. The number of allylic oxidation sites excluding steroid dienone is 1. The number of carbonyl (C=O) groups is 3. The van der Waals surface area contributed by atoms with Crippen molar-refractivity contribution in [3.8, 4) is 0 Å². The number of aromatic nitrogens is 1. The van der Waals surface area contributed by atoms with Crippen LogP contribution in [0.1, 0.15) is 42.0 Å². The Morgan fingerprint density at radius 1 is 1.38 bits per heavy atom. The van der Waals surface area contributed by atoms with Crippen LogP contribution in [-0.2, 0) is 11.3 Å². The molecule has 0 aromatic carbocycles. The number of nitrogens with zero attached hydrogens (tertiary/aromatic N) is 2. The van der Waals surface area contributed by atoms with Gasteiger partial charge in [-0.1, -0.05) is 19.9 Å². The van der Waals surface area contributed by atoms with E-state index >= 15 is 0 Å². The number of carbonyl (C=O) groups excluding carboxylic acids is 3. The maximum Gasteiger partial charge on any atom is 0.325 e. The Morgan fingerprint density at radius 2 is 2.04 bits per heavy atom. The fraction of sp³-hybridized carbons (Fsp3) is 0.500. The maximum atomic E-state index is 12.6. The first kappa shape index (κ1) is 18.0. The second-order valence-corrected chi connectivity index (χ2v) is 6.66. The number of hydrogen-bond acceptors (Lipinski definition) is 3. The minimum Gasteiger partial charge on any atom is -0.345 e. The Hall–Kier alpha value is -2.37. The summed E-state index contributed by atoms with van der Waals surface area (Å²) in [5.74, 6) is -0.262. The molecule has 1 aromatic heterocycles. The van der Waals surface area contributed by atoms with Crippen LogP contribution < -0.4 is 5.32 Å². The standard InChI is InChI=1S/C18H25N3O3/c1-6-7-20-12(4)9-14(13(20)5)16(22)10-21-17(23)15(8-11(2)3)19-18(21)24/h6,9,11,15H,1,7-8,10H2,2-5H3,(H,19,24)/t15-/m1/s1. The normalized spacial score (nSPS) is 17.5. The van der Waals surface area contributed by atoms with Gasteiger partial charge in [0.25, 0.3) is 5.91 Å². The fourth-order valence-electron chi connectivity index (χ4n) is 3.08. The van der Waals surface area contributed by atoms with Gasteiger partial charge in [-0.05, 0) is 32.3 Å². The molecule has 0 spiro atoms. The summed E-state index contributed by atoms with van der Waals surface area (Å²) in [6.07, 6.45) is 2.34. The largest absolute Gasteiger partial charge is 0.345 e. The van der Waals surface area contributed by atoms with Crippen molar-refractivity contribution in [2.75, 3.05) is 6.54 Å². The molecule has 0 bridgehead atoms. The van der Waals surface area contributed by atoms with Gasteiger partial charge in [0.15, 0.2) is 5.78 Å². The molecule has 1 atom stereocenters. The van der Waals surface area contributed by atoms with Crippen LogP contribution in [0.2, 0.25) is 0 Å². The van der Waals surface area contributed by atoms with Gasteiger partial charge in [0, 0.05) is 23.5 Å². The summed E-state index contributed by atoms with van der Waals surface area (Å²) >= 11 is 0. The molecule has 2 heterocycles. The zero-order chi connectivity index (χ0) is 18.0. The number of Topliss-reactive ketones (excluding diaryl/α,β-unsaturated/α-hetero) is 1. The average molecular weight is 331 g/mol. The Bertz CT molecular complexity index is 688. The molecular weight excluding hydrogens is 306 g/mol. The molecule has 130 valence electrons. The van der Waals surface area contributed by atoms with E-state index in [2.05, 4.69) is 11.9 Å². The SMILES string of the molecule is C=CCn1c(C)cc(C(=O)CN2C(=O)N[C@H](CC(C)C)C2=O)c1C. The highest BCUT2D eigenvalue weighted by molar-refractivity contribution is 6.09. The van der Waals surface area contributed by atoms with Gasteiger partial charge >= 0.3 is 6.03 Å². The maximum absolute atomic E-state index is 12.6. The average Bonchev–Trinajstić information content (AvgIpc) is 2.92. The van der Waals surface area contributed by atoms with Crippen molar-refractivity contribution in [3.05, 3.63) is 35.7 Å². The summed E-state index contributed by atoms with van der Waals surface area (Å²) in [4.78, 5) is 38.0. The summed E-state index contributed by atoms with van der Waals surface area (Å²) < 4.78 is 1.98. The number of nitrogens with one attached hydrogen (secondary N) is 1. The highest BCUT2D eigenvalue weighted by Crippen LogP contribution is 2.19. The van der Waals surface area contributed by atoms with Crippen molar-refractivity contribution in [1.82, 2.24) is 14.8 Å². The van der Waals surface area contributed by atoms with Crippen molar-refractivity contribution in [1.29, 1.82) is 0 Å². The first-order valence-corrected chi connectivity index (χ1v) is 8.19. The molecule has 0 saturated carbocycles. The quantitative estimate of drug-likeness (QED) is 0.474. The lowest BCUT2D eigenvalue weighted by Crippen LogP contribution is -2.36. The second-order valence-electron chi connectivity index (χ2n) is 6.66. The molecule has 1 aliphatic heterocycles. The van der Waals surface area contributed by atoms with Crippen LogP contribution in [0, 0.1) is 19.8 Å². The summed E-state index contributed by atoms with van der Waals surface area (Å²) in [6, 6.07) is 0.781. The van der Waals surface area contributed by atoms with E-state index in [0.717, 1.165) is 16.3 Å². The smallest absolute Gasteiger partial charge is 0.325 e. The third-order valence-electron chi connectivity index (χ3n) is 4.30. The molecule has 1 N–H and O–H groups in total. The van der Waals surface area contributed by atoms with Gasteiger partial charge in [0.05, 0.1) is 6.54 Å². The monoisotopic (exact) mass is 331 g/mol. The van der Waals surface area contributed by atoms with Crippen molar-refractivity contribution in [3.63, 3.8) is 0 Å². The molecule has 1 fully saturated rings. The number of aryl methyl sites for hydroxylation is 1. The minimum atomic E-state index is -0.529. The van der Waals surface area contributed by atoms with Gasteiger partial charge in [-0.3, -0.25) is 14.5 Å². The molecule has 2 rings (SSSR count). The van der Waals surface area contributed by atoms with Crippen molar-refractivity contribution < 1.29 is 14.4 Å².